The van der Waals surface area contributed by atoms with Gasteiger partial charge in [-0.1, -0.05) is 36.3 Å². The third-order valence-corrected chi connectivity index (χ3v) is 3.81. The van der Waals surface area contributed by atoms with E-state index in [1.807, 2.05) is 31.2 Å². The van der Waals surface area contributed by atoms with E-state index in [1.165, 1.54) is 0 Å². The quantitative estimate of drug-likeness (QED) is 0.487. The molecular formula is C13H17N3O2. The summed E-state index contributed by atoms with van der Waals surface area (Å²) < 4.78 is 0. The highest BCUT2D eigenvalue weighted by Crippen LogP contribution is 2.43. The fourth-order valence-electron chi connectivity index (χ4n) is 2.89. The van der Waals surface area contributed by atoms with Crippen molar-refractivity contribution in [2.24, 2.45) is 5.11 Å². The summed E-state index contributed by atoms with van der Waals surface area (Å²) in [5.74, 6) is -0.358. The van der Waals surface area contributed by atoms with E-state index in [0.717, 1.165) is 17.5 Å². The maximum absolute atomic E-state index is 10.1. The Morgan fingerprint density at radius 2 is 2.28 bits per heavy atom. The maximum atomic E-state index is 10.1. The first-order valence-corrected chi connectivity index (χ1v) is 6.05. The largest absolute Gasteiger partial charge is 0.394 e. The molecule has 2 rings (SSSR count). The smallest absolute Gasteiger partial charge is 0.0845 e. The Morgan fingerprint density at radius 1 is 1.56 bits per heavy atom. The Bertz CT molecular complexity index is 485. The molecule has 0 heterocycles. The van der Waals surface area contributed by atoms with Gasteiger partial charge in [0.15, 0.2) is 0 Å². The van der Waals surface area contributed by atoms with Crippen LogP contribution in [0.25, 0.3) is 10.4 Å². The van der Waals surface area contributed by atoms with E-state index in [-0.39, 0.29) is 12.5 Å². The van der Waals surface area contributed by atoms with Crippen LogP contribution in [0.5, 0.6) is 0 Å². The Kier molecular flexibility index (Phi) is 3.57. The van der Waals surface area contributed by atoms with E-state index >= 15 is 0 Å². The van der Waals surface area contributed by atoms with Crippen molar-refractivity contribution in [3.8, 4) is 0 Å². The molecule has 0 amide bonds. The number of nitrogens with zero attached hydrogens (tertiary/aromatic N) is 3. The van der Waals surface area contributed by atoms with Gasteiger partial charge in [-0.25, -0.2) is 0 Å². The molecule has 5 heteroatoms. The van der Waals surface area contributed by atoms with Gasteiger partial charge in [0.2, 0.25) is 0 Å². The predicted octanol–water partition coefficient (Wildman–Crippen LogP) is 2.14. The average molecular weight is 247 g/mol. The van der Waals surface area contributed by atoms with E-state index in [1.54, 1.807) is 0 Å². The lowest BCUT2D eigenvalue weighted by molar-refractivity contribution is 0.0449. The van der Waals surface area contributed by atoms with E-state index in [0.29, 0.717) is 6.42 Å². The molecule has 1 aliphatic rings. The van der Waals surface area contributed by atoms with Gasteiger partial charge < -0.3 is 10.2 Å². The highest BCUT2D eigenvalue weighted by Gasteiger charge is 2.42. The number of benzene rings is 1. The van der Waals surface area contributed by atoms with E-state index in [9.17, 15) is 10.2 Å². The first-order valence-electron chi connectivity index (χ1n) is 6.05. The highest BCUT2D eigenvalue weighted by molar-refractivity contribution is 5.37. The lowest BCUT2D eigenvalue weighted by atomic mass is 9.68. The zero-order chi connectivity index (χ0) is 13.2. The van der Waals surface area contributed by atoms with Crippen molar-refractivity contribution in [2.45, 2.75) is 37.3 Å². The van der Waals surface area contributed by atoms with Crippen molar-refractivity contribution in [1.29, 1.82) is 0 Å². The summed E-state index contributed by atoms with van der Waals surface area (Å²) in [6.07, 6.45) is 0.581. The van der Waals surface area contributed by atoms with Crippen LogP contribution >= 0.6 is 0 Å². The number of aliphatic hydroxyl groups excluding tert-OH is 2. The molecule has 0 fully saturated rings. The molecular weight excluding hydrogens is 230 g/mol. The van der Waals surface area contributed by atoms with Gasteiger partial charge in [-0.3, -0.25) is 0 Å². The average Bonchev–Trinajstić information content (AvgIpc) is 2.38. The SMILES string of the molecule is C[C@@]1(N=[N+]=[N-])CCc2ccccc2[C@@H]1C(O)CO. The minimum Gasteiger partial charge on any atom is -0.394 e. The van der Waals surface area contributed by atoms with Crippen LogP contribution in [0, 0.1) is 0 Å². The first-order chi connectivity index (χ1) is 8.62. The molecule has 0 saturated heterocycles. The fourth-order valence-corrected chi connectivity index (χ4v) is 2.89. The molecule has 0 aliphatic heterocycles. The molecule has 1 unspecified atom stereocenters. The normalized spacial score (nSPS) is 28.1. The number of hydrogen-bond donors (Lipinski definition) is 2. The summed E-state index contributed by atoms with van der Waals surface area (Å²) in [5, 5.41) is 23.2. The summed E-state index contributed by atoms with van der Waals surface area (Å²) in [7, 11) is 0. The lowest BCUT2D eigenvalue weighted by Gasteiger charge is -2.41. The standard InChI is InChI=1S/C13H17N3O2/c1-13(15-16-14)7-6-9-4-2-3-5-10(9)12(13)11(18)8-17/h2-5,11-12,17-18H,6-8H2,1H3/t11?,12-,13-/m1/s1. The van der Waals surface area contributed by atoms with E-state index in [2.05, 4.69) is 10.0 Å². The molecule has 1 aromatic carbocycles. The van der Waals surface area contributed by atoms with Gasteiger partial charge >= 0.3 is 0 Å². The minimum absolute atomic E-state index is 0.338. The Morgan fingerprint density at radius 3 is 2.94 bits per heavy atom. The summed E-state index contributed by atoms with van der Waals surface area (Å²) in [5.41, 5.74) is 10.2. The highest BCUT2D eigenvalue weighted by atomic mass is 16.3. The number of rotatable bonds is 3. The van der Waals surface area contributed by atoms with Crippen LogP contribution in [0.15, 0.2) is 29.4 Å². The molecule has 5 nitrogen and oxygen atoms in total. The number of azide groups is 1. The summed E-state index contributed by atoms with van der Waals surface area (Å²) in [6, 6.07) is 7.81. The van der Waals surface area contributed by atoms with Crippen molar-refractivity contribution in [3.05, 3.63) is 45.8 Å². The van der Waals surface area contributed by atoms with Gasteiger partial charge in [0, 0.05) is 10.8 Å². The predicted molar refractivity (Wildman–Crippen MR) is 68.1 cm³/mol. The van der Waals surface area contributed by atoms with Crippen LogP contribution in [0.4, 0.5) is 0 Å². The second-order valence-electron chi connectivity index (χ2n) is 4.97. The molecule has 1 aliphatic carbocycles. The second-order valence-corrected chi connectivity index (χ2v) is 4.97. The topological polar surface area (TPSA) is 89.2 Å². The third kappa shape index (κ3) is 2.08. The van der Waals surface area contributed by atoms with Crippen molar-refractivity contribution >= 4 is 0 Å². The molecule has 2 N–H and O–H groups in total. The van der Waals surface area contributed by atoms with Gasteiger partial charge in [-0.2, -0.15) is 0 Å². The van der Waals surface area contributed by atoms with Crippen molar-refractivity contribution in [2.75, 3.05) is 6.61 Å². The first kappa shape index (κ1) is 12.9. The molecule has 0 spiro atoms. The van der Waals surface area contributed by atoms with Gasteiger partial charge in [0.25, 0.3) is 0 Å². The van der Waals surface area contributed by atoms with Gasteiger partial charge in [-0.05, 0) is 29.5 Å². The number of fused-ring (bicyclic) bond motifs is 1. The summed E-state index contributed by atoms with van der Waals surface area (Å²) >= 11 is 0. The van der Waals surface area contributed by atoms with Crippen LogP contribution in [0.3, 0.4) is 0 Å². The van der Waals surface area contributed by atoms with Crippen molar-refractivity contribution in [3.63, 3.8) is 0 Å². The Labute approximate surface area is 106 Å². The van der Waals surface area contributed by atoms with Crippen molar-refractivity contribution < 1.29 is 10.2 Å². The third-order valence-electron chi connectivity index (χ3n) is 3.81. The van der Waals surface area contributed by atoms with Crippen LogP contribution in [-0.4, -0.2) is 28.5 Å². The van der Waals surface area contributed by atoms with Crippen molar-refractivity contribution in [1.82, 2.24) is 0 Å². The Balaban J connectivity index is 2.52. The monoisotopic (exact) mass is 247 g/mol. The second kappa shape index (κ2) is 4.98. The fraction of sp³-hybridized carbons (Fsp3) is 0.538. The molecule has 3 atom stereocenters. The number of hydrogen-bond acceptors (Lipinski definition) is 3. The van der Waals surface area contributed by atoms with Crippen LogP contribution < -0.4 is 0 Å². The van der Waals surface area contributed by atoms with E-state index in [4.69, 9.17) is 5.53 Å². The number of aliphatic hydroxyl groups is 2. The van der Waals surface area contributed by atoms with Crippen LogP contribution in [0.1, 0.15) is 30.4 Å². The van der Waals surface area contributed by atoms with Crippen LogP contribution in [-0.2, 0) is 6.42 Å². The number of aryl methyl sites for hydroxylation is 1. The molecule has 0 radical (unpaired) electrons. The van der Waals surface area contributed by atoms with Crippen LogP contribution in [0.2, 0.25) is 0 Å². The molecule has 18 heavy (non-hydrogen) atoms. The molecule has 96 valence electrons. The molecule has 0 bridgehead atoms. The van der Waals surface area contributed by atoms with E-state index < -0.39 is 11.6 Å². The summed E-state index contributed by atoms with van der Waals surface area (Å²) in [6.45, 7) is 1.50. The zero-order valence-corrected chi connectivity index (χ0v) is 10.3. The molecule has 0 aromatic heterocycles. The zero-order valence-electron chi connectivity index (χ0n) is 10.3. The summed E-state index contributed by atoms with van der Waals surface area (Å²) in [4.78, 5) is 2.90. The maximum Gasteiger partial charge on any atom is 0.0845 e. The Hall–Kier alpha value is -1.55. The van der Waals surface area contributed by atoms with Gasteiger partial charge in [0.1, 0.15) is 0 Å². The van der Waals surface area contributed by atoms with Gasteiger partial charge in [-0.15, -0.1) is 0 Å². The van der Waals surface area contributed by atoms with Gasteiger partial charge in [0.05, 0.1) is 18.2 Å². The molecule has 1 aromatic rings. The molecule has 0 saturated carbocycles. The minimum atomic E-state index is -0.915. The lowest BCUT2D eigenvalue weighted by Crippen LogP contribution is -2.43.